The van der Waals surface area contributed by atoms with Gasteiger partial charge >= 0.3 is 5.69 Å². The van der Waals surface area contributed by atoms with Crippen molar-refractivity contribution < 1.29 is 8.78 Å². The van der Waals surface area contributed by atoms with Crippen molar-refractivity contribution in [3.05, 3.63) is 75.7 Å². The van der Waals surface area contributed by atoms with E-state index in [0.717, 1.165) is 28.5 Å². The molecule has 0 spiro atoms. The predicted molar refractivity (Wildman–Crippen MR) is 129 cm³/mol. The SMILES string of the molecule is C=Cc1nc(CCNCC(F)c2nc3c(NCc4ncccc4F)[nH]c(=O)nc3s2)[nH]c1C=C. The van der Waals surface area contributed by atoms with Crippen molar-refractivity contribution >= 4 is 39.7 Å². The number of anilines is 1. The fraction of sp³-hybridized carbons (Fsp3) is 0.227. The molecule has 1 atom stereocenters. The van der Waals surface area contributed by atoms with E-state index in [-0.39, 0.29) is 34.4 Å². The number of imidazole rings is 1. The van der Waals surface area contributed by atoms with Crippen LogP contribution in [0.1, 0.15) is 34.1 Å². The van der Waals surface area contributed by atoms with Crippen LogP contribution in [-0.4, -0.2) is 43.0 Å². The first-order valence-corrected chi connectivity index (χ1v) is 11.2. The molecule has 0 fully saturated rings. The monoisotopic (exact) mass is 484 g/mol. The van der Waals surface area contributed by atoms with Crippen LogP contribution in [0.2, 0.25) is 0 Å². The molecule has 0 radical (unpaired) electrons. The number of alkyl halides is 1. The van der Waals surface area contributed by atoms with E-state index in [2.05, 4.69) is 53.7 Å². The number of H-pyrrole nitrogens is 2. The van der Waals surface area contributed by atoms with Gasteiger partial charge in [0.2, 0.25) is 0 Å². The minimum atomic E-state index is -1.40. The van der Waals surface area contributed by atoms with Crippen LogP contribution in [-0.2, 0) is 13.0 Å². The first-order valence-electron chi connectivity index (χ1n) is 10.4. The summed E-state index contributed by atoms with van der Waals surface area (Å²) in [7, 11) is 0. The van der Waals surface area contributed by atoms with Crippen LogP contribution in [0.5, 0.6) is 0 Å². The molecule has 4 aromatic rings. The summed E-state index contributed by atoms with van der Waals surface area (Å²) in [4.78, 5) is 34.4. The van der Waals surface area contributed by atoms with Gasteiger partial charge in [-0.1, -0.05) is 24.5 Å². The quantitative estimate of drug-likeness (QED) is 0.241. The van der Waals surface area contributed by atoms with Crippen molar-refractivity contribution in [3.63, 3.8) is 0 Å². The third kappa shape index (κ3) is 5.24. The highest BCUT2D eigenvalue weighted by molar-refractivity contribution is 7.18. The van der Waals surface area contributed by atoms with Gasteiger partial charge in [-0.15, -0.1) is 0 Å². The van der Waals surface area contributed by atoms with Crippen LogP contribution in [0.15, 0.2) is 36.3 Å². The zero-order valence-corrected chi connectivity index (χ0v) is 18.9. The fourth-order valence-electron chi connectivity index (χ4n) is 3.24. The molecule has 0 aliphatic rings. The van der Waals surface area contributed by atoms with Crippen molar-refractivity contribution in [2.45, 2.75) is 19.1 Å². The van der Waals surface area contributed by atoms with E-state index < -0.39 is 17.7 Å². The summed E-state index contributed by atoms with van der Waals surface area (Å²) < 4.78 is 28.7. The van der Waals surface area contributed by atoms with Crippen LogP contribution in [0.3, 0.4) is 0 Å². The third-order valence-corrected chi connectivity index (χ3v) is 5.94. The Morgan fingerprint density at radius 1 is 1.21 bits per heavy atom. The zero-order chi connectivity index (χ0) is 24.1. The molecule has 0 aliphatic heterocycles. The molecule has 176 valence electrons. The highest BCUT2D eigenvalue weighted by atomic mass is 32.1. The van der Waals surface area contributed by atoms with Crippen molar-refractivity contribution in [3.8, 4) is 0 Å². The maximum Gasteiger partial charge on any atom is 0.347 e. The molecule has 1 unspecified atom stereocenters. The van der Waals surface area contributed by atoms with Gasteiger partial charge in [-0.2, -0.15) is 4.98 Å². The Kier molecular flexibility index (Phi) is 7.18. The van der Waals surface area contributed by atoms with Crippen LogP contribution >= 0.6 is 11.3 Å². The van der Waals surface area contributed by atoms with E-state index in [1.54, 1.807) is 12.2 Å². The molecule has 4 rings (SSSR count). The number of nitrogens with one attached hydrogen (secondary N) is 4. The van der Waals surface area contributed by atoms with E-state index in [9.17, 15) is 13.6 Å². The van der Waals surface area contributed by atoms with E-state index >= 15 is 0 Å². The number of pyridine rings is 1. The zero-order valence-electron chi connectivity index (χ0n) is 18.1. The summed E-state index contributed by atoms with van der Waals surface area (Å²) in [5.74, 6) is 0.500. The Bertz CT molecular complexity index is 1350. The molecule has 34 heavy (non-hydrogen) atoms. The number of rotatable bonds is 11. The lowest BCUT2D eigenvalue weighted by molar-refractivity contribution is 0.328. The van der Waals surface area contributed by atoms with Gasteiger partial charge in [0.25, 0.3) is 0 Å². The van der Waals surface area contributed by atoms with E-state index in [4.69, 9.17) is 0 Å². The minimum absolute atomic E-state index is 0.0170. The van der Waals surface area contributed by atoms with Crippen molar-refractivity contribution in [2.24, 2.45) is 0 Å². The normalized spacial score (nSPS) is 12.1. The maximum absolute atomic E-state index is 14.9. The van der Waals surface area contributed by atoms with E-state index in [0.29, 0.717) is 18.5 Å². The highest BCUT2D eigenvalue weighted by Gasteiger charge is 2.19. The van der Waals surface area contributed by atoms with Gasteiger partial charge in [0.15, 0.2) is 11.0 Å². The second kappa shape index (κ2) is 10.4. The molecule has 0 aliphatic carbocycles. The first kappa shape index (κ1) is 23.4. The summed E-state index contributed by atoms with van der Waals surface area (Å²) in [5, 5.41) is 6.13. The largest absolute Gasteiger partial charge is 0.364 e. The van der Waals surface area contributed by atoms with E-state index in [1.165, 1.54) is 18.3 Å². The van der Waals surface area contributed by atoms with E-state index in [1.807, 2.05) is 0 Å². The number of halogens is 2. The second-order valence-electron chi connectivity index (χ2n) is 7.22. The van der Waals surface area contributed by atoms with Crippen LogP contribution in [0.4, 0.5) is 14.6 Å². The fourth-order valence-corrected chi connectivity index (χ4v) is 4.16. The standard InChI is InChI=1S/C22H22F2N8OS/c1-3-14-15(4-2)29-17(28-14)7-9-25-10-13(24)20-30-18-19(31-22(33)32-21(18)34-20)27-11-16-12(23)6-5-8-26-16/h3-6,8,13,25H,1-2,7,9-11H2,(H,28,29)(H2,27,31,32,33). The molecule has 0 aromatic carbocycles. The average molecular weight is 485 g/mol. The molecule has 4 aromatic heterocycles. The van der Waals surface area contributed by atoms with Gasteiger partial charge in [-0.05, 0) is 24.3 Å². The molecule has 4 heterocycles. The van der Waals surface area contributed by atoms with Crippen LogP contribution in [0, 0.1) is 5.82 Å². The second-order valence-corrected chi connectivity index (χ2v) is 8.23. The molecule has 0 bridgehead atoms. The maximum atomic E-state index is 14.9. The van der Waals surface area contributed by atoms with Crippen molar-refractivity contribution in [1.29, 1.82) is 0 Å². The Balaban J connectivity index is 1.39. The topological polar surface area (TPSA) is 124 Å². The Labute approximate surface area is 197 Å². The summed E-state index contributed by atoms with van der Waals surface area (Å²) >= 11 is 0.997. The number of thiazole rings is 1. The summed E-state index contributed by atoms with van der Waals surface area (Å²) in [6, 6.07) is 2.78. The van der Waals surface area contributed by atoms with Crippen LogP contribution < -0.4 is 16.3 Å². The molecular weight excluding hydrogens is 462 g/mol. The molecular formula is C22H22F2N8OS. The lowest BCUT2D eigenvalue weighted by atomic mass is 10.3. The molecule has 4 N–H and O–H groups in total. The Morgan fingerprint density at radius 2 is 2.06 bits per heavy atom. The van der Waals surface area contributed by atoms with Crippen LogP contribution in [0.25, 0.3) is 22.5 Å². The van der Waals surface area contributed by atoms with Crippen molar-refractivity contribution in [2.75, 3.05) is 18.4 Å². The number of aromatic amines is 2. The van der Waals surface area contributed by atoms with Gasteiger partial charge in [-0.25, -0.2) is 23.5 Å². The van der Waals surface area contributed by atoms with Gasteiger partial charge in [0, 0.05) is 25.7 Å². The smallest absolute Gasteiger partial charge is 0.347 e. The summed E-state index contributed by atoms with van der Waals surface area (Å²) in [5.41, 5.74) is 1.38. The summed E-state index contributed by atoms with van der Waals surface area (Å²) in [6.45, 7) is 7.97. The number of aromatic nitrogens is 6. The van der Waals surface area contributed by atoms with Gasteiger partial charge < -0.3 is 15.6 Å². The average Bonchev–Trinajstić information content (AvgIpc) is 3.44. The number of hydrogen-bond acceptors (Lipinski definition) is 8. The Morgan fingerprint density at radius 3 is 2.79 bits per heavy atom. The van der Waals surface area contributed by atoms with Gasteiger partial charge in [-0.3, -0.25) is 9.97 Å². The predicted octanol–water partition coefficient (Wildman–Crippen LogP) is 3.38. The highest BCUT2D eigenvalue weighted by Crippen LogP contribution is 2.29. The molecule has 0 amide bonds. The third-order valence-electron chi connectivity index (χ3n) is 4.90. The molecule has 12 heteroatoms. The number of nitrogens with zero attached hydrogens (tertiary/aromatic N) is 4. The lowest BCUT2D eigenvalue weighted by Crippen LogP contribution is -2.22. The molecule has 0 saturated carbocycles. The first-order chi connectivity index (χ1) is 16.5. The van der Waals surface area contributed by atoms with Gasteiger partial charge in [0.1, 0.15) is 28.0 Å². The Hall–Kier alpha value is -3.77. The molecule has 9 nitrogen and oxygen atoms in total. The molecule has 0 saturated heterocycles. The van der Waals surface area contributed by atoms with Gasteiger partial charge in [0.05, 0.1) is 23.6 Å². The summed E-state index contributed by atoms with van der Waals surface area (Å²) in [6.07, 6.45) is 3.94. The lowest BCUT2D eigenvalue weighted by Gasteiger charge is -2.07. The number of hydrogen-bond donors (Lipinski definition) is 4. The number of fused-ring (bicyclic) bond motifs is 1. The van der Waals surface area contributed by atoms with Crippen molar-refractivity contribution in [1.82, 2.24) is 35.2 Å². The minimum Gasteiger partial charge on any atom is -0.364 e.